The van der Waals surface area contributed by atoms with Crippen LogP contribution in [0.3, 0.4) is 0 Å². The summed E-state index contributed by atoms with van der Waals surface area (Å²) in [7, 11) is 0. The standard InChI is InChI=1S/C25H20ClN3O2/c26-21-14-12-20(13-15-21)24-28-25(31-29-24)22(17-19-9-5-2-6-10-19)27-23(30)16-11-18-7-3-1-4-8-18/h1-16,22H,17H2,(H,27,30)/b16-11+/t22-/m0/s1. The van der Waals surface area contributed by atoms with Crippen molar-refractivity contribution in [1.82, 2.24) is 15.5 Å². The SMILES string of the molecule is O=C(/C=C/c1ccccc1)N[C@@H](Cc1ccccc1)c1nc(-c2ccc(Cl)cc2)no1. The number of hydrogen-bond acceptors (Lipinski definition) is 4. The number of benzene rings is 3. The highest BCUT2D eigenvalue weighted by atomic mass is 35.5. The van der Waals surface area contributed by atoms with E-state index >= 15 is 0 Å². The molecule has 6 heteroatoms. The molecule has 0 radical (unpaired) electrons. The lowest BCUT2D eigenvalue weighted by Gasteiger charge is -2.14. The van der Waals surface area contributed by atoms with E-state index in [2.05, 4.69) is 15.5 Å². The van der Waals surface area contributed by atoms with Crippen molar-refractivity contribution < 1.29 is 9.32 Å². The molecule has 0 unspecified atom stereocenters. The molecule has 1 aromatic heterocycles. The van der Waals surface area contributed by atoms with Gasteiger partial charge >= 0.3 is 0 Å². The Morgan fingerprint density at radius 3 is 2.35 bits per heavy atom. The highest BCUT2D eigenvalue weighted by Crippen LogP contribution is 2.23. The van der Waals surface area contributed by atoms with Gasteiger partial charge in [-0.05, 0) is 41.5 Å². The van der Waals surface area contributed by atoms with Gasteiger partial charge in [0.15, 0.2) is 0 Å². The predicted molar refractivity (Wildman–Crippen MR) is 121 cm³/mol. The van der Waals surface area contributed by atoms with Gasteiger partial charge in [0.2, 0.25) is 17.6 Å². The molecule has 5 nitrogen and oxygen atoms in total. The Bertz CT molecular complexity index is 1160. The maximum atomic E-state index is 12.6. The van der Waals surface area contributed by atoms with Crippen LogP contribution >= 0.6 is 11.6 Å². The zero-order valence-electron chi connectivity index (χ0n) is 16.6. The fourth-order valence-electron chi connectivity index (χ4n) is 3.10. The topological polar surface area (TPSA) is 68.0 Å². The van der Waals surface area contributed by atoms with E-state index in [1.54, 1.807) is 18.2 Å². The molecule has 0 aliphatic rings. The molecule has 154 valence electrons. The van der Waals surface area contributed by atoms with E-state index in [0.29, 0.717) is 23.2 Å². The van der Waals surface area contributed by atoms with Crippen LogP contribution in [0.4, 0.5) is 0 Å². The Hall–Kier alpha value is -3.70. The number of carbonyl (C=O) groups is 1. The zero-order valence-corrected chi connectivity index (χ0v) is 17.4. The van der Waals surface area contributed by atoms with Crippen molar-refractivity contribution in [3.8, 4) is 11.4 Å². The zero-order chi connectivity index (χ0) is 21.5. The van der Waals surface area contributed by atoms with Crippen molar-refractivity contribution in [1.29, 1.82) is 0 Å². The minimum atomic E-state index is -0.469. The van der Waals surface area contributed by atoms with Crippen molar-refractivity contribution in [2.24, 2.45) is 0 Å². The van der Waals surface area contributed by atoms with Gasteiger partial charge in [-0.3, -0.25) is 4.79 Å². The number of aromatic nitrogens is 2. The van der Waals surface area contributed by atoms with E-state index in [9.17, 15) is 4.79 Å². The second-order valence-corrected chi connectivity index (χ2v) is 7.39. The van der Waals surface area contributed by atoms with Crippen molar-refractivity contribution in [3.05, 3.63) is 113 Å². The van der Waals surface area contributed by atoms with E-state index in [1.807, 2.05) is 72.8 Å². The first-order valence-corrected chi connectivity index (χ1v) is 10.2. The van der Waals surface area contributed by atoms with Crippen LogP contribution in [0, 0.1) is 0 Å². The van der Waals surface area contributed by atoms with Crippen molar-refractivity contribution in [3.63, 3.8) is 0 Å². The van der Waals surface area contributed by atoms with Gasteiger partial charge in [0.25, 0.3) is 0 Å². The molecule has 0 spiro atoms. The van der Waals surface area contributed by atoms with Crippen molar-refractivity contribution >= 4 is 23.6 Å². The average molecular weight is 430 g/mol. The quantitative estimate of drug-likeness (QED) is 0.394. The Morgan fingerprint density at radius 2 is 1.65 bits per heavy atom. The van der Waals surface area contributed by atoms with Crippen LogP contribution in [0.1, 0.15) is 23.1 Å². The molecule has 1 amide bonds. The number of rotatable bonds is 7. The van der Waals surface area contributed by atoms with Gasteiger partial charge < -0.3 is 9.84 Å². The molecule has 3 aromatic carbocycles. The lowest BCUT2D eigenvalue weighted by atomic mass is 10.1. The van der Waals surface area contributed by atoms with Gasteiger partial charge in [0, 0.05) is 23.1 Å². The van der Waals surface area contributed by atoms with E-state index in [0.717, 1.165) is 16.7 Å². The molecule has 0 saturated carbocycles. The van der Waals surface area contributed by atoms with Gasteiger partial charge in [-0.2, -0.15) is 4.98 Å². The molecule has 0 aliphatic carbocycles. The Morgan fingerprint density at radius 1 is 0.968 bits per heavy atom. The normalized spacial score (nSPS) is 12.0. The van der Waals surface area contributed by atoms with Gasteiger partial charge in [0.1, 0.15) is 6.04 Å². The van der Waals surface area contributed by atoms with Crippen LogP contribution in [0.15, 0.2) is 95.5 Å². The molecule has 1 heterocycles. The number of amides is 1. The summed E-state index contributed by atoms with van der Waals surface area (Å²) in [6.45, 7) is 0. The number of hydrogen-bond donors (Lipinski definition) is 1. The summed E-state index contributed by atoms with van der Waals surface area (Å²) < 4.78 is 5.51. The summed E-state index contributed by atoms with van der Waals surface area (Å²) in [6, 6.07) is 26.2. The number of nitrogens with one attached hydrogen (secondary N) is 1. The average Bonchev–Trinajstić information content (AvgIpc) is 3.29. The third kappa shape index (κ3) is 5.68. The van der Waals surface area contributed by atoms with E-state index in [-0.39, 0.29) is 5.91 Å². The van der Waals surface area contributed by atoms with Gasteiger partial charge in [-0.15, -0.1) is 0 Å². The fraction of sp³-hybridized carbons (Fsp3) is 0.0800. The van der Waals surface area contributed by atoms with Crippen LogP contribution in [0.5, 0.6) is 0 Å². The number of carbonyl (C=O) groups excluding carboxylic acids is 1. The third-order valence-electron chi connectivity index (χ3n) is 4.67. The smallest absolute Gasteiger partial charge is 0.249 e. The molecule has 4 aromatic rings. The van der Waals surface area contributed by atoms with Gasteiger partial charge in [0.05, 0.1) is 0 Å². The number of nitrogens with zero attached hydrogens (tertiary/aromatic N) is 2. The first kappa shape index (κ1) is 20.6. The summed E-state index contributed by atoms with van der Waals surface area (Å²) in [5.74, 6) is 0.546. The van der Waals surface area contributed by atoms with Gasteiger partial charge in [-0.1, -0.05) is 77.4 Å². The fourth-order valence-corrected chi connectivity index (χ4v) is 3.22. The predicted octanol–water partition coefficient (Wildman–Crippen LogP) is 5.50. The second-order valence-electron chi connectivity index (χ2n) is 6.96. The molecule has 1 atom stereocenters. The molecule has 0 fully saturated rings. The molecule has 1 N–H and O–H groups in total. The van der Waals surface area contributed by atoms with Crippen molar-refractivity contribution in [2.45, 2.75) is 12.5 Å². The van der Waals surface area contributed by atoms with Crippen LogP contribution in [0.25, 0.3) is 17.5 Å². The summed E-state index contributed by atoms with van der Waals surface area (Å²) >= 11 is 5.96. The lowest BCUT2D eigenvalue weighted by molar-refractivity contribution is -0.117. The summed E-state index contributed by atoms with van der Waals surface area (Å²) in [4.78, 5) is 17.1. The molecule has 31 heavy (non-hydrogen) atoms. The highest BCUT2D eigenvalue weighted by molar-refractivity contribution is 6.30. The van der Waals surface area contributed by atoms with Crippen LogP contribution in [-0.4, -0.2) is 16.0 Å². The minimum absolute atomic E-state index is 0.240. The lowest BCUT2D eigenvalue weighted by Crippen LogP contribution is -2.28. The summed E-state index contributed by atoms with van der Waals surface area (Å²) in [6.07, 6.45) is 3.79. The van der Waals surface area contributed by atoms with Crippen LogP contribution in [-0.2, 0) is 11.2 Å². The maximum Gasteiger partial charge on any atom is 0.249 e. The first-order chi connectivity index (χ1) is 15.2. The van der Waals surface area contributed by atoms with Crippen molar-refractivity contribution in [2.75, 3.05) is 0 Å². The molecular weight excluding hydrogens is 410 g/mol. The Kier molecular flexibility index (Phi) is 6.55. The highest BCUT2D eigenvalue weighted by Gasteiger charge is 2.21. The monoisotopic (exact) mass is 429 g/mol. The van der Waals surface area contributed by atoms with Crippen LogP contribution < -0.4 is 5.32 Å². The maximum absolute atomic E-state index is 12.6. The summed E-state index contributed by atoms with van der Waals surface area (Å²) in [5, 5.41) is 7.70. The molecule has 0 bridgehead atoms. The molecule has 0 saturated heterocycles. The molecule has 0 aliphatic heterocycles. The van der Waals surface area contributed by atoms with E-state index < -0.39 is 6.04 Å². The largest absolute Gasteiger partial charge is 0.340 e. The third-order valence-corrected chi connectivity index (χ3v) is 4.92. The Labute approximate surface area is 185 Å². The molecular formula is C25H20ClN3O2. The van der Waals surface area contributed by atoms with E-state index in [1.165, 1.54) is 6.08 Å². The second kappa shape index (κ2) is 9.87. The van der Waals surface area contributed by atoms with Gasteiger partial charge in [-0.25, -0.2) is 0 Å². The number of halogens is 1. The minimum Gasteiger partial charge on any atom is -0.340 e. The first-order valence-electron chi connectivity index (χ1n) is 9.84. The van der Waals surface area contributed by atoms with E-state index in [4.69, 9.17) is 16.1 Å². The summed E-state index contributed by atoms with van der Waals surface area (Å²) in [5.41, 5.74) is 2.78. The Balaban J connectivity index is 1.55. The van der Waals surface area contributed by atoms with Crippen LogP contribution in [0.2, 0.25) is 5.02 Å². The molecule has 4 rings (SSSR count).